The second kappa shape index (κ2) is 4.91. The lowest BCUT2D eigenvalue weighted by Crippen LogP contribution is -1.97. The van der Waals surface area contributed by atoms with Crippen molar-refractivity contribution in [2.75, 3.05) is 0 Å². The van der Waals surface area contributed by atoms with E-state index in [1.54, 1.807) is 12.1 Å². The molecule has 0 amide bonds. The zero-order chi connectivity index (χ0) is 11.4. The topological polar surface area (TPSA) is 37.3 Å². The number of halogens is 1. The lowest BCUT2D eigenvalue weighted by atomic mass is 9.95. The molecule has 1 aromatic rings. The highest BCUT2D eigenvalue weighted by atomic mass is 19.1. The number of carbonyl (C=O) groups is 1. The van der Waals surface area contributed by atoms with E-state index in [-0.39, 0.29) is 11.7 Å². The fourth-order valence-electron chi connectivity index (χ4n) is 1.49. The van der Waals surface area contributed by atoms with Gasteiger partial charge in [-0.1, -0.05) is 13.0 Å². The number of hydrogen-bond acceptors (Lipinski definition) is 2. The van der Waals surface area contributed by atoms with E-state index in [9.17, 15) is 14.3 Å². The van der Waals surface area contributed by atoms with Crippen LogP contribution in [0.5, 0.6) is 5.75 Å². The van der Waals surface area contributed by atoms with E-state index in [4.69, 9.17) is 0 Å². The fourth-order valence-corrected chi connectivity index (χ4v) is 1.49. The molecule has 82 valence electrons. The van der Waals surface area contributed by atoms with Gasteiger partial charge in [0.15, 0.2) is 0 Å². The Morgan fingerprint density at radius 1 is 1.47 bits per heavy atom. The van der Waals surface area contributed by atoms with Crippen LogP contribution >= 0.6 is 0 Å². The molecular weight excluding hydrogens is 195 g/mol. The molecule has 2 unspecified atom stereocenters. The van der Waals surface area contributed by atoms with Crippen LogP contribution in [0.3, 0.4) is 0 Å². The molecule has 1 aromatic carbocycles. The van der Waals surface area contributed by atoms with Crippen molar-refractivity contribution in [2.24, 2.45) is 0 Å². The molecule has 0 saturated carbocycles. The Balaban J connectivity index is 3.04. The normalized spacial score (nSPS) is 14.6. The Morgan fingerprint density at radius 3 is 2.67 bits per heavy atom. The van der Waals surface area contributed by atoms with Crippen LogP contribution in [0, 0.1) is 0 Å². The number of hydrogen-bond donors (Lipinski definition) is 1. The summed E-state index contributed by atoms with van der Waals surface area (Å²) in [6, 6.07) is 4.65. The number of alkyl halides is 1. The van der Waals surface area contributed by atoms with E-state index in [1.165, 1.54) is 13.0 Å². The maximum absolute atomic E-state index is 13.0. The van der Waals surface area contributed by atoms with Gasteiger partial charge in [-0.2, -0.15) is 0 Å². The molecule has 0 aliphatic rings. The summed E-state index contributed by atoms with van der Waals surface area (Å²) in [4.78, 5) is 10.4. The van der Waals surface area contributed by atoms with Crippen molar-refractivity contribution in [2.45, 2.75) is 32.4 Å². The summed E-state index contributed by atoms with van der Waals surface area (Å²) in [5.41, 5.74) is 1.16. The zero-order valence-electron chi connectivity index (χ0n) is 8.90. The van der Waals surface area contributed by atoms with Gasteiger partial charge in [0.05, 0.1) is 0 Å². The molecule has 0 saturated heterocycles. The van der Waals surface area contributed by atoms with Gasteiger partial charge in [-0.25, -0.2) is 4.39 Å². The predicted octanol–water partition coefficient (Wildman–Crippen LogP) is 3.12. The van der Waals surface area contributed by atoms with Gasteiger partial charge in [0.1, 0.15) is 18.2 Å². The standard InChI is InChI=1S/C12H15FO2/c1-8(5-6-14)11-7-10(9(2)13)3-4-12(11)15/h3-4,6-9,15H,5H2,1-2H3. The molecule has 0 aliphatic heterocycles. The number of carbonyl (C=O) groups excluding carboxylic acids is 1. The van der Waals surface area contributed by atoms with Gasteiger partial charge in [0, 0.05) is 6.42 Å². The van der Waals surface area contributed by atoms with Crippen LogP contribution in [0.15, 0.2) is 18.2 Å². The molecule has 15 heavy (non-hydrogen) atoms. The third-order valence-corrected chi connectivity index (χ3v) is 2.49. The molecule has 0 radical (unpaired) electrons. The molecule has 0 aromatic heterocycles. The Bertz CT molecular complexity index is 347. The second-order valence-corrected chi connectivity index (χ2v) is 3.74. The maximum atomic E-state index is 13.0. The molecule has 0 spiro atoms. The first kappa shape index (κ1) is 11.7. The first-order chi connectivity index (χ1) is 7.06. The molecule has 2 nitrogen and oxygen atoms in total. The van der Waals surface area contributed by atoms with Crippen LogP contribution in [-0.4, -0.2) is 11.4 Å². The second-order valence-electron chi connectivity index (χ2n) is 3.74. The lowest BCUT2D eigenvalue weighted by Gasteiger charge is -2.13. The van der Waals surface area contributed by atoms with Gasteiger partial charge >= 0.3 is 0 Å². The maximum Gasteiger partial charge on any atom is 0.122 e. The summed E-state index contributed by atoms with van der Waals surface area (Å²) in [5, 5.41) is 9.58. The Hall–Kier alpha value is -1.38. The number of aromatic hydroxyl groups is 1. The van der Waals surface area contributed by atoms with Crippen LogP contribution in [-0.2, 0) is 4.79 Å². The largest absolute Gasteiger partial charge is 0.508 e. The third-order valence-electron chi connectivity index (χ3n) is 2.49. The minimum atomic E-state index is -1.06. The smallest absolute Gasteiger partial charge is 0.122 e. The monoisotopic (exact) mass is 210 g/mol. The zero-order valence-corrected chi connectivity index (χ0v) is 8.90. The van der Waals surface area contributed by atoms with Crippen LogP contribution in [0.1, 0.15) is 43.5 Å². The van der Waals surface area contributed by atoms with Crippen molar-refractivity contribution >= 4 is 6.29 Å². The van der Waals surface area contributed by atoms with E-state index in [2.05, 4.69) is 0 Å². The highest BCUT2D eigenvalue weighted by Crippen LogP contribution is 2.30. The Morgan fingerprint density at radius 2 is 2.13 bits per heavy atom. The fraction of sp³-hybridized carbons (Fsp3) is 0.417. The minimum absolute atomic E-state index is 0.0822. The number of aldehydes is 1. The molecule has 1 N–H and O–H groups in total. The first-order valence-electron chi connectivity index (χ1n) is 4.96. The SMILES string of the molecule is CC(F)c1ccc(O)c(C(C)CC=O)c1. The summed E-state index contributed by atoms with van der Waals surface area (Å²) in [6.45, 7) is 3.27. The molecule has 0 heterocycles. The van der Waals surface area contributed by atoms with Crippen molar-refractivity contribution in [3.8, 4) is 5.75 Å². The highest BCUT2D eigenvalue weighted by molar-refractivity contribution is 5.53. The summed E-state index contributed by atoms with van der Waals surface area (Å²) in [5.74, 6) is 0.0370. The van der Waals surface area contributed by atoms with Crippen LogP contribution in [0.25, 0.3) is 0 Å². The molecular formula is C12H15FO2. The van der Waals surface area contributed by atoms with Crippen LogP contribution in [0.4, 0.5) is 4.39 Å². The number of rotatable bonds is 4. The van der Waals surface area contributed by atoms with Gasteiger partial charge in [0.25, 0.3) is 0 Å². The molecule has 2 atom stereocenters. The van der Waals surface area contributed by atoms with Crippen molar-refractivity contribution in [3.63, 3.8) is 0 Å². The van der Waals surface area contributed by atoms with Gasteiger partial charge in [0.2, 0.25) is 0 Å². The average Bonchev–Trinajstić information content (AvgIpc) is 2.18. The number of phenols is 1. The summed E-state index contributed by atoms with van der Waals surface area (Å²) in [6.07, 6.45) is 0.0700. The third kappa shape index (κ3) is 2.78. The quantitative estimate of drug-likeness (QED) is 0.775. The van der Waals surface area contributed by atoms with Crippen molar-refractivity contribution in [1.29, 1.82) is 0 Å². The van der Waals surface area contributed by atoms with Gasteiger partial charge in [-0.15, -0.1) is 0 Å². The summed E-state index contributed by atoms with van der Waals surface area (Å²) in [7, 11) is 0. The van der Waals surface area contributed by atoms with E-state index in [0.29, 0.717) is 17.5 Å². The van der Waals surface area contributed by atoms with E-state index < -0.39 is 6.17 Å². The van der Waals surface area contributed by atoms with Gasteiger partial charge in [-0.3, -0.25) is 0 Å². The molecule has 1 rings (SSSR count). The summed E-state index contributed by atoms with van der Waals surface area (Å²) < 4.78 is 13.0. The van der Waals surface area contributed by atoms with E-state index in [1.807, 2.05) is 6.92 Å². The van der Waals surface area contributed by atoms with Crippen molar-refractivity contribution in [1.82, 2.24) is 0 Å². The van der Waals surface area contributed by atoms with E-state index in [0.717, 1.165) is 6.29 Å². The Labute approximate surface area is 88.7 Å². The van der Waals surface area contributed by atoms with E-state index >= 15 is 0 Å². The highest BCUT2D eigenvalue weighted by Gasteiger charge is 2.12. The summed E-state index contributed by atoms with van der Waals surface area (Å²) >= 11 is 0. The lowest BCUT2D eigenvalue weighted by molar-refractivity contribution is -0.108. The molecule has 0 bridgehead atoms. The molecule has 0 aliphatic carbocycles. The molecule has 0 fully saturated rings. The Kier molecular flexibility index (Phi) is 3.83. The van der Waals surface area contributed by atoms with Crippen LogP contribution in [0.2, 0.25) is 0 Å². The van der Waals surface area contributed by atoms with Gasteiger partial charge < -0.3 is 9.90 Å². The number of phenolic OH excluding ortho intramolecular Hbond substituents is 1. The van der Waals surface area contributed by atoms with Crippen LogP contribution < -0.4 is 0 Å². The van der Waals surface area contributed by atoms with Crippen molar-refractivity contribution in [3.05, 3.63) is 29.3 Å². The average molecular weight is 210 g/mol. The predicted molar refractivity (Wildman–Crippen MR) is 56.7 cm³/mol. The minimum Gasteiger partial charge on any atom is -0.508 e. The number of benzene rings is 1. The first-order valence-corrected chi connectivity index (χ1v) is 4.96. The van der Waals surface area contributed by atoms with Crippen molar-refractivity contribution < 1.29 is 14.3 Å². The van der Waals surface area contributed by atoms with Gasteiger partial charge in [-0.05, 0) is 36.1 Å². The molecule has 3 heteroatoms.